The molecule has 3 aromatic rings. The van der Waals surface area contributed by atoms with E-state index in [1.807, 2.05) is 41.9 Å². The number of nitrogens with zero attached hydrogens (tertiary/aromatic N) is 3. The molecule has 31 heavy (non-hydrogen) atoms. The van der Waals surface area contributed by atoms with Gasteiger partial charge >= 0.3 is 0 Å². The minimum Gasteiger partial charge on any atom is -0.494 e. The van der Waals surface area contributed by atoms with Crippen molar-refractivity contribution in [2.24, 2.45) is 5.41 Å². The van der Waals surface area contributed by atoms with Crippen molar-refractivity contribution in [3.63, 3.8) is 0 Å². The van der Waals surface area contributed by atoms with Crippen LogP contribution in [-0.4, -0.2) is 46.1 Å². The van der Waals surface area contributed by atoms with E-state index in [-0.39, 0.29) is 12.0 Å². The van der Waals surface area contributed by atoms with Gasteiger partial charge in [0.25, 0.3) is 0 Å². The van der Waals surface area contributed by atoms with Crippen molar-refractivity contribution in [3.8, 4) is 11.4 Å². The molecule has 2 aromatic carbocycles. The lowest BCUT2D eigenvalue weighted by atomic mass is 9.78. The zero-order valence-corrected chi connectivity index (χ0v) is 18.6. The number of rotatable bonds is 8. The van der Waals surface area contributed by atoms with Crippen molar-refractivity contribution < 1.29 is 9.84 Å². The quantitative estimate of drug-likeness (QED) is 0.583. The first-order valence-electron chi connectivity index (χ1n) is 11.2. The molecule has 0 saturated carbocycles. The average molecular weight is 420 g/mol. The minimum atomic E-state index is -0.0969. The third-order valence-corrected chi connectivity index (χ3v) is 6.29. The van der Waals surface area contributed by atoms with E-state index < -0.39 is 0 Å². The SMILES string of the molecule is Cc1cc(C)n(-c2cccc(CN3CCC[C@](CO)(CCOc4ccccc4)C3)c2)n1. The summed E-state index contributed by atoms with van der Waals surface area (Å²) in [7, 11) is 0. The van der Waals surface area contributed by atoms with Crippen LogP contribution >= 0.6 is 0 Å². The van der Waals surface area contributed by atoms with Gasteiger partial charge in [-0.1, -0.05) is 30.3 Å². The molecule has 4 rings (SSSR count). The van der Waals surface area contributed by atoms with Crippen LogP contribution in [0.4, 0.5) is 0 Å². The Morgan fingerprint density at radius 1 is 1.06 bits per heavy atom. The number of ether oxygens (including phenoxy) is 1. The van der Waals surface area contributed by atoms with Gasteiger partial charge in [-0.2, -0.15) is 5.10 Å². The zero-order chi connectivity index (χ0) is 21.7. The van der Waals surface area contributed by atoms with Crippen LogP contribution in [0.25, 0.3) is 5.69 Å². The van der Waals surface area contributed by atoms with Gasteiger partial charge in [0, 0.05) is 24.2 Å². The van der Waals surface area contributed by atoms with E-state index in [2.05, 4.69) is 47.3 Å². The number of benzene rings is 2. The number of aromatic nitrogens is 2. The van der Waals surface area contributed by atoms with Gasteiger partial charge in [0.05, 0.1) is 24.6 Å². The van der Waals surface area contributed by atoms with E-state index >= 15 is 0 Å². The molecule has 1 aliphatic heterocycles. The van der Waals surface area contributed by atoms with Gasteiger partial charge in [-0.25, -0.2) is 4.68 Å². The molecular formula is C26H33N3O2. The largest absolute Gasteiger partial charge is 0.494 e. The Bertz CT molecular complexity index is 985. The summed E-state index contributed by atoms with van der Waals surface area (Å²) in [6, 6.07) is 20.7. The molecule has 0 aliphatic carbocycles. The van der Waals surface area contributed by atoms with Crippen LogP contribution in [0.15, 0.2) is 60.7 Å². The summed E-state index contributed by atoms with van der Waals surface area (Å²) in [5.41, 5.74) is 4.46. The lowest BCUT2D eigenvalue weighted by Gasteiger charge is -2.42. The number of hydrogen-bond donors (Lipinski definition) is 1. The zero-order valence-electron chi connectivity index (χ0n) is 18.6. The number of aryl methyl sites for hydroxylation is 2. The molecule has 0 spiro atoms. The Kier molecular flexibility index (Phi) is 6.73. The van der Waals surface area contributed by atoms with Crippen LogP contribution in [0, 0.1) is 19.3 Å². The van der Waals surface area contributed by atoms with E-state index in [0.29, 0.717) is 6.61 Å². The molecule has 5 nitrogen and oxygen atoms in total. The highest BCUT2D eigenvalue weighted by molar-refractivity contribution is 5.37. The number of para-hydroxylation sites is 1. The minimum absolute atomic E-state index is 0.0969. The normalized spacial score (nSPS) is 19.5. The second kappa shape index (κ2) is 9.67. The number of piperidine rings is 1. The molecule has 1 fully saturated rings. The van der Waals surface area contributed by atoms with Gasteiger partial charge in [-0.3, -0.25) is 4.90 Å². The van der Waals surface area contributed by atoms with Crippen LogP contribution in [0.3, 0.4) is 0 Å². The van der Waals surface area contributed by atoms with Gasteiger partial charge in [-0.15, -0.1) is 0 Å². The van der Waals surface area contributed by atoms with E-state index in [1.165, 1.54) is 5.56 Å². The molecule has 5 heteroatoms. The van der Waals surface area contributed by atoms with Crippen molar-refractivity contribution in [2.75, 3.05) is 26.3 Å². The fourth-order valence-corrected chi connectivity index (χ4v) is 4.69. The fourth-order valence-electron chi connectivity index (χ4n) is 4.69. The lowest BCUT2D eigenvalue weighted by Crippen LogP contribution is -2.45. The van der Waals surface area contributed by atoms with Crippen molar-refractivity contribution >= 4 is 0 Å². The molecule has 0 unspecified atom stereocenters. The molecule has 0 amide bonds. The second-order valence-corrected chi connectivity index (χ2v) is 8.89. The van der Waals surface area contributed by atoms with Crippen LogP contribution < -0.4 is 4.74 Å². The van der Waals surface area contributed by atoms with E-state index in [1.54, 1.807) is 0 Å². The first kappa shape index (κ1) is 21.6. The van der Waals surface area contributed by atoms with E-state index in [9.17, 15) is 5.11 Å². The molecule has 1 N–H and O–H groups in total. The van der Waals surface area contributed by atoms with E-state index in [4.69, 9.17) is 4.74 Å². The molecule has 1 saturated heterocycles. The molecular weight excluding hydrogens is 386 g/mol. The van der Waals surface area contributed by atoms with Crippen molar-refractivity contribution in [1.82, 2.24) is 14.7 Å². The maximum absolute atomic E-state index is 10.3. The summed E-state index contributed by atoms with van der Waals surface area (Å²) in [5, 5.41) is 14.9. The fraction of sp³-hybridized carbons (Fsp3) is 0.423. The summed E-state index contributed by atoms with van der Waals surface area (Å²) in [4.78, 5) is 2.47. The van der Waals surface area contributed by atoms with Crippen molar-refractivity contribution in [1.29, 1.82) is 0 Å². The Hall–Kier alpha value is -2.63. The highest BCUT2D eigenvalue weighted by atomic mass is 16.5. The molecule has 1 atom stereocenters. The monoisotopic (exact) mass is 419 g/mol. The molecule has 1 aromatic heterocycles. The molecule has 1 aliphatic rings. The highest BCUT2D eigenvalue weighted by Crippen LogP contribution is 2.34. The molecule has 2 heterocycles. The summed E-state index contributed by atoms with van der Waals surface area (Å²) in [6.45, 7) is 7.78. The standard InChI is InChI=1S/C26H33N3O2/c1-21-16-22(2)29(27-21)24-9-6-8-23(17-24)18-28-14-7-12-26(19-28,20-30)13-15-31-25-10-4-3-5-11-25/h3-6,8-11,16-17,30H,7,12-15,18-20H2,1-2H3/t26-/m0/s1. The van der Waals surface area contributed by atoms with Crippen LogP contribution in [0.2, 0.25) is 0 Å². The smallest absolute Gasteiger partial charge is 0.119 e. The van der Waals surface area contributed by atoms with Crippen molar-refractivity contribution in [3.05, 3.63) is 77.6 Å². The summed E-state index contributed by atoms with van der Waals surface area (Å²) in [5.74, 6) is 0.893. The molecule has 164 valence electrons. The Morgan fingerprint density at radius 2 is 1.90 bits per heavy atom. The van der Waals surface area contributed by atoms with Crippen molar-refractivity contribution in [2.45, 2.75) is 39.7 Å². The molecule has 0 radical (unpaired) electrons. The number of likely N-dealkylation sites (tertiary alicyclic amines) is 1. The Labute approximate surface area is 185 Å². The van der Waals surface area contributed by atoms with Gasteiger partial charge < -0.3 is 9.84 Å². The maximum Gasteiger partial charge on any atom is 0.119 e. The number of aliphatic hydroxyl groups is 1. The van der Waals surface area contributed by atoms with Gasteiger partial charge in [0.1, 0.15) is 5.75 Å². The van der Waals surface area contributed by atoms with Crippen LogP contribution in [0.5, 0.6) is 5.75 Å². The highest BCUT2D eigenvalue weighted by Gasteiger charge is 2.34. The predicted molar refractivity (Wildman–Crippen MR) is 124 cm³/mol. The van der Waals surface area contributed by atoms with Crippen LogP contribution in [-0.2, 0) is 6.54 Å². The summed E-state index contributed by atoms with van der Waals surface area (Å²) < 4.78 is 7.94. The Balaban J connectivity index is 1.40. The topological polar surface area (TPSA) is 50.5 Å². The third kappa shape index (κ3) is 5.35. The van der Waals surface area contributed by atoms with Gasteiger partial charge in [-0.05, 0) is 75.5 Å². The summed E-state index contributed by atoms with van der Waals surface area (Å²) in [6.07, 6.45) is 3.01. The third-order valence-electron chi connectivity index (χ3n) is 6.29. The summed E-state index contributed by atoms with van der Waals surface area (Å²) >= 11 is 0. The average Bonchev–Trinajstić information content (AvgIpc) is 3.13. The first-order chi connectivity index (χ1) is 15.1. The van der Waals surface area contributed by atoms with E-state index in [0.717, 1.165) is 61.7 Å². The van der Waals surface area contributed by atoms with Gasteiger partial charge in [0.15, 0.2) is 0 Å². The van der Waals surface area contributed by atoms with Crippen LogP contribution in [0.1, 0.15) is 36.2 Å². The first-order valence-corrected chi connectivity index (χ1v) is 11.2. The number of hydrogen-bond acceptors (Lipinski definition) is 4. The predicted octanol–water partition coefficient (Wildman–Crippen LogP) is 4.53. The second-order valence-electron chi connectivity index (χ2n) is 8.89. The van der Waals surface area contributed by atoms with Gasteiger partial charge in [0.2, 0.25) is 0 Å². The number of aliphatic hydroxyl groups excluding tert-OH is 1. The maximum atomic E-state index is 10.3. The molecule has 0 bridgehead atoms. The lowest BCUT2D eigenvalue weighted by molar-refractivity contribution is 0.0128. The Morgan fingerprint density at radius 3 is 2.65 bits per heavy atom.